The van der Waals surface area contributed by atoms with Crippen molar-refractivity contribution in [1.29, 1.82) is 0 Å². The summed E-state index contributed by atoms with van der Waals surface area (Å²) in [6.45, 7) is 7.36. The standard InChI is InChI=1S/C6H15NO.Li/c1-3-7(4-2)5-6-8;/h8H,3-6H2,1-2H3;/q;+1. The third-order valence-corrected chi connectivity index (χ3v) is 1.31. The first kappa shape index (κ1) is 12.2. The number of nitrogens with zero attached hydrogens (tertiary/aromatic N) is 1. The van der Waals surface area contributed by atoms with Crippen molar-refractivity contribution in [2.75, 3.05) is 26.2 Å². The summed E-state index contributed by atoms with van der Waals surface area (Å²) in [4.78, 5) is 2.18. The first-order valence-electron chi connectivity index (χ1n) is 3.18. The molecule has 0 saturated carbocycles. The van der Waals surface area contributed by atoms with Gasteiger partial charge in [0.1, 0.15) is 0 Å². The average Bonchev–Trinajstić information content (AvgIpc) is 1.83. The van der Waals surface area contributed by atoms with Crippen LogP contribution in [0.15, 0.2) is 0 Å². The second-order valence-corrected chi connectivity index (χ2v) is 1.75. The van der Waals surface area contributed by atoms with Crippen LogP contribution in [0.4, 0.5) is 0 Å². The van der Waals surface area contributed by atoms with Crippen LogP contribution in [0, 0.1) is 0 Å². The molecule has 2 nitrogen and oxygen atoms in total. The molecule has 0 spiro atoms. The zero-order valence-electron chi connectivity index (χ0n) is 6.72. The fraction of sp³-hybridized carbons (Fsp3) is 1.00. The number of hydrogen-bond donors (Lipinski definition) is 1. The zero-order chi connectivity index (χ0) is 6.41. The normalized spacial score (nSPS) is 9.33. The summed E-state index contributed by atoms with van der Waals surface area (Å²) >= 11 is 0. The molecule has 0 amide bonds. The Morgan fingerprint density at radius 3 is 1.78 bits per heavy atom. The molecule has 0 fully saturated rings. The number of aliphatic hydroxyl groups excluding tert-OH is 1. The molecule has 0 aliphatic carbocycles. The van der Waals surface area contributed by atoms with Crippen LogP contribution >= 0.6 is 0 Å². The van der Waals surface area contributed by atoms with E-state index in [2.05, 4.69) is 18.7 Å². The molecule has 0 bridgehead atoms. The molecule has 0 atom stereocenters. The third kappa shape index (κ3) is 6.40. The minimum Gasteiger partial charge on any atom is -0.395 e. The SMILES string of the molecule is CCN(CC)CCO.[Li+]. The summed E-state index contributed by atoms with van der Waals surface area (Å²) < 4.78 is 0. The summed E-state index contributed by atoms with van der Waals surface area (Å²) in [5.41, 5.74) is 0. The van der Waals surface area contributed by atoms with Crippen LogP contribution in [0.25, 0.3) is 0 Å². The minimum atomic E-state index is 0. The van der Waals surface area contributed by atoms with E-state index in [0.29, 0.717) is 0 Å². The van der Waals surface area contributed by atoms with E-state index in [1.807, 2.05) is 0 Å². The van der Waals surface area contributed by atoms with Crippen LogP contribution < -0.4 is 18.9 Å². The average molecular weight is 124 g/mol. The van der Waals surface area contributed by atoms with Crippen molar-refractivity contribution in [1.82, 2.24) is 4.90 Å². The fourth-order valence-corrected chi connectivity index (χ4v) is 0.681. The molecule has 0 aromatic heterocycles. The van der Waals surface area contributed by atoms with Gasteiger partial charge in [0.25, 0.3) is 0 Å². The van der Waals surface area contributed by atoms with Crippen molar-refractivity contribution in [2.24, 2.45) is 0 Å². The number of likely N-dealkylation sites (N-methyl/N-ethyl adjacent to an activating group) is 1. The van der Waals surface area contributed by atoms with Gasteiger partial charge in [-0.15, -0.1) is 0 Å². The molecule has 9 heavy (non-hydrogen) atoms. The van der Waals surface area contributed by atoms with Gasteiger partial charge in [-0.25, -0.2) is 0 Å². The van der Waals surface area contributed by atoms with Crippen molar-refractivity contribution < 1.29 is 24.0 Å². The molecule has 50 valence electrons. The Morgan fingerprint density at radius 1 is 1.22 bits per heavy atom. The summed E-state index contributed by atoms with van der Waals surface area (Å²) in [5.74, 6) is 0. The van der Waals surface area contributed by atoms with Gasteiger partial charge in [-0.1, -0.05) is 13.8 Å². The van der Waals surface area contributed by atoms with Crippen molar-refractivity contribution >= 4 is 0 Å². The van der Waals surface area contributed by atoms with E-state index in [4.69, 9.17) is 5.11 Å². The Morgan fingerprint density at radius 2 is 1.67 bits per heavy atom. The summed E-state index contributed by atoms with van der Waals surface area (Å²) in [7, 11) is 0. The Balaban J connectivity index is 0. The molecule has 0 unspecified atom stereocenters. The molecule has 1 N–H and O–H groups in total. The zero-order valence-corrected chi connectivity index (χ0v) is 6.72. The van der Waals surface area contributed by atoms with Crippen LogP contribution in [0.3, 0.4) is 0 Å². The molecule has 0 saturated heterocycles. The molecule has 0 heterocycles. The van der Waals surface area contributed by atoms with Gasteiger partial charge < -0.3 is 10.0 Å². The van der Waals surface area contributed by atoms with Crippen LogP contribution in [-0.4, -0.2) is 36.2 Å². The van der Waals surface area contributed by atoms with Crippen molar-refractivity contribution in [3.8, 4) is 0 Å². The van der Waals surface area contributed by atoms with Gasteiger partial charge in [0.05, 0.1) is 6.61 Å². The molecule has 0 aliphatic rings. The van der Waals surface area contributed by atoms with Gasteiger partial charge in [0.2, 0.25) is 0 Å². The van der Waals surface area contributed by atoms with Gasteiger partial charge in [0, 0.05) is 6.54 Å². The predicted molar refractivity (Wildman–Crippen MR) is 34.9 cm³/mol. The van der Waals surface area contributed by atoms with Crippen LogP contribution in [0.2, 0.25) is 0 Å². The molecule has 0 rings (SSSR count). The second-order valence-electron chi connectivity index (χ2n) is 1.75. The summed E-state index contributed by atoms with van der Waals surface area (Å²) in [5, 5.41) is 8.46. The molecular formula is C6H15LiNO+. The van der Waals surface area contributed by atoms with E-state index in [1.165, 1.54) is 0 Å². The molecule has 0 aromatic carbocycles. The monoisotopic (exact) mass is 124 g/mol. The second kappa shape index (κ2) is 8.52. The molecule has 0 aliphatic heterocycles. The number of aliphatic hydroxyl groups is 1. The van der Waals surface area contributed by atoms with Gasteiger partial charge in [-0.2, -0.15) is 0 Å². The smallest absolute Gasteiger partial charge is 0.395 e. The Kier molecular flexibility index (Phi) is 11.6. The topological polar surface area (TPSA) is 23.5 Å². The molecule has 0 radical (unpaired) electrons. The Hall–Kier alpha value is 0.517. The summed E-state index contributed by atoms with van der Waals surface area (Å²) in [6.07, 6.45) is 0. The van der Waals surface area contributed by atoms with E-state index in [1.54, 1.807) is 0 Å². The third-order valence-electron chi connectivity index (χ3n) is 1.31. The molecule has 3 heteroatoms. The number of hydrogen-bond acceptors (Lipinski definition) is 2. The van der Waals surface area contributed by atoms with E-state index < -0.39 is 0 Å². The Bertz CT molecular complexity index is 48.3. The van der Waals surface area contributed by atoms with Crippen LogP contribution in [0.5, 0.6) is 0 Å². The first-order chi connectivity index (χ1) is 3.85. The van der Waals surface area contributed by atoms with E-state index in [9.17, 15) is 0 Å². The van der Waals surface area contributed by atoms with Gasteiger partial charge in [-0.3, -0.25) is 0 Å². The quantitative estimate of drug-likeness (QED) is 0.413. The van der Waals surface area contributed by atoms with E-state index >= 15 is 0 Å². The molecular weight excluding hydrogens is 109 g/mol. The maximum absolute atomic E-state index is 8.46. The largest absolute Gasteiger partial charge is 1.00 e. The summed E-state index contributed by atoms with van der Waals surface area (Å²) in [6, 6.07) is 0. The van der Waals surface area contributed by atoms with Crippen LogP contribution in [0.1, 0.15) is 13.8 Å². The maximum Gasteiger partial charge on any atom is 1.00 e. The van der Waals surface area contributed by atoms with E-state index in [-0.39, 0.29) is 25.5 Å². The fourth-order valence-electron chi connectivity index (χ4n) is 0.681. The van der Waals surface area contributed by atoms with Gasteiger partial charge in [-0.05, 0) is 13.1 Å². The minimum absolute atomic E-state index is 0. The van der Waals surface area contributed by atoms with Crippen LogP contribution in [-0.2, 0) is 0 Å². The Labute approximate surface area is 69.4 Å². The van der Waals surface area contributed by atoms with Gasteiger partial charge >= 0.3 is 18.9 Å². The van der Waals surface area contributed by atoms with E-state index in [0.717, 1.165) is 19.6 Å². The molecule has 0 aromatic rings. The van der Waals surface area contributed by atoms with Crippen molar-refractivity contribution in [2.45, 2.75) is 13.8 Å². The van der Waals surface area contributed by atoms with Gasteiger partial charge in [0.15, 0.2) is 0 Å². The first-order valence-corrected chi connectivity index (χ1v) is 3.18. The van der Waals surface area contributed by atoms with Crippen molar-refractivity contribution in [3.63, 3.8) is 0 Å². The maximum atomic E-state index is 8.46. The number of rotatable bonds is 4. The predicted octanol–water partition coefficient (Wildman–Crippen LogP) is -2.68. The van der Waals surface area contributed by atoms with Crippen molar-refractivity contribution in [3.05, 3.63) is 0 Å².